The van der Waals surface area contributed by atoms with E-state index in [0.29, 0.717) is 0 Å². The van der Waals surface area contributed by atoms with Gasteiger partial charge in [0, 0.05) is 10.0 Å². The Hall–Kier alpha value is -1.06. The molecule has 0 aliphatic rings. The highest BCUT2D eigenvalue weighted by Gasteiger charge is 2.20. The maximum absolute atomic E-state index is 5.72. The number of furan rings is 1. The lowest BCUT2D eigenvalue weighted by Gasteiger charge is -2.21. The van der Waals surface area contributed by atoms with E-state index < -0.39 is 0 Å². The van der Waals surface area contributed by atoms with Gasteiger partial charge in [0.2, 0.25) is 0 Å². The van der Waals surface area contributed by atoms with E-state index >= 15 is 0 Å². The van der Waals surface area contributed by atoms with Crippen LogP contribution in [0.2, 0.25) is 0 Å². The van der Waals surface area contributed by atoms with Crippen LogP contribution in [0.5, 0.6) is 0 Å². The van der Waals surface area contributed by atoms with Crippen LogP contribution < -0.4 is 5.32 Å². The Kier molecular flexibility index (Phi) is 5.06. The zero-order chi connectivity index (χ0) is 14.7. The summed E-state index contributed by atoms with van der Waals surface area (Å²) in [6.45, 7) is 9.37. The van der Waals surface area contributed by atoms with Crippen molar-refractivity contribution in [3.63, 3.8) is 0 Å². The number of nitrogens with one attached hydrogen (secondary N) is 1. The minimum Gasteiger partial charge on any atom is -0.466 e. The summed E-state index contributed by atoms with van der Waals surface area (Å²) >= 11 is 3.58. The van der Waals surface area contributed by atoms with Crippen molar-refractivity contribution in [2.45, 2.75) is 40.2 Å². The molecule has 0 radical (unpaired) electrons. The molecule has 0 aliphatic carbocycles. The molecular weight excluding hydrogens is 314 g/mol. The lowest BCUT2D eigenvalue weighted by Crippen LogP contribution is -2.24. The van der Waals surface area contributed by atoms with Crippen LogP contribution in [-0.4, -0.2) is 6.54 Å². The van der Waals surface area contributed by atoms with Gasteiger partial charge in [0.15, 0.2) is 0 Å². The first-order chi connectivity index (χ1) is 9.52. The number of aryl methyl sites for hydroxylation is 3. The van der Waals surface area contributed by atoms with Crippen LogP contribution in [0.25, 0.3) is 0 Å². The van der Waals surface area contributed by atoms with Gasteiger partial charge in [0.05, 0.1) is 6.04 Å². The Balaban J connectivity index is 2.46. The normalized spacial score (nSPS) is 12.7. The Bertz CT molecular complexity index is 589. The van der Waals surface area contributed by atoms with E-state index in [9.17, 15) is 0 Å². The van der Waals surface area contributed by atoms with Gasteiger partial charge in [-0.1, -0.05) is 28.9 Å². The van der Waals surface area contributed by atoms with Crippen LogP contribution in [-0.2, 0) is 0 Å². The number of hydrogen-bond donors (Lipinski definition) is 1. The van der Waals surface area contributed by atoms with Gasteiger partial charge in [-0.25, -0.2) is 0 Å². The van der Waals surface area contributed by atoms with Crippen LogP contribution in [0.3, 0.4) is 0 Å². The van der Waals surface area contributed by atoms with E-state index in [-0.39, 0.29) is 6.04 Å². The second kappa shape index (κ2) is 6.59. The third-order valence-corrected chi connectivity index (χ3v) is 4.03. The van der Waals surface area contributed by atoms with E-state index in [1.807, 2.05) is 13.8 Å². The van der Waals surface area contributed by atoms with Gasteiger partial charge < -0.3 is 9.73 Å². The minimum atomic E-state index is 0.185. The van der Waals surface area contributed by atoms with Crippen molar-refractivity contribution in [3.05, 3.63) is 56.9 Å². The lowest BCUT2D eigenvalue weighted by atomic mass is 9.95. The Morgan fingerprint density at radius 2 is 1.90 bits per heavy atom. The molecule has 2 nitrogen and oxygen atoms in total. The quantitative estimate of drug-likeness (QED) is 0.826. The monoisotopic (exact) mass is 335 g/mol. The Morgan fingerprint density at radius 3 is 2.50 bits per heavy atom. The molecule has 1 heterocycles. The molecule has 1 unspecified atom stereocenters. The fourth-order valence-corrected chi connectivity index (χ4v) is 2.91. The van der Waals surface area contributed by atoms with Gasteiger partial charge in [-0.2, -0.15) is 0 Å². The molecule has 108 valence electrons. The molecule has 1 N–H and O–H groups in total. The highest BCUT2D eigenvalue weighted by molar-refractivity contribution is 9.10. The fourth-order valence-electron chi connectivity index (χ4n) is 2.54. The maximum Gasteiger partial charge on any atom is 0.106 e. The van der Waals surface area contributed by atoms with E-state index in [2.05, 4.69) is 59.4 Å². The van der Waals surface area contributed by atoms with Crippen molar-refractivity contribution in [1.29, 1.82) is 0 Å². The largest absolute Gasteiger partial charge is 0.466 e. The molecule has 2 aromatic rings. The van der Waals surface area contributed by atoms with Gasteiger partial charge in [0.1, 0.15) is 11.5 Å². The molecule has 3 heteroatoms. The van der Waals surface area contributed by atoms with E-state index in [0.717, 1.165) is 29.0 Å². The molecule has 0 fully saturated rings. The van der Waals surface area contributed by atoms with Crippen molar-refractivity contribution >= 4 is 15.9 Å². The third-order valence-electron chi connectivity index (χ3n) is 3.54. The van der Waals surface area contributed by atoms with Crippen LogP contribution in [0.15, 0.2) is 33.2 Å². The van der Waals surface area contributed by atoms with E-state index in [1.54, 1.807) is 0 Å². The maximum atomic E-state index is 5.72. The smallest absolute Gasteiger partial charge is 0.106 e. The summed E-state index contributed by atoms with van der Waals surface area (Å²) in [7, 11) is 0. The van der Waals surface area contributed by atoms with Crippen molar-refractivity contribution in [1.82, 2.24) is 5.32 Å². The number of benzene rings is 1. The predicted octanol–water partition coefficient (Wildman–Crippen LogP) is 5.06. The zero-order valence-corrected chi connectivity index (χ0v) is 14.2. The third kappa shape index (κ3) is 3.33. The molecule has 1 aromatic heterocycles. The van der Waals surface area contributed by atoms with Crippen molar-refractivity contribution in [2.24, 2.45) is 0 Å². The van der Waals surface area contributed by atoms with E-state index in [4.69, 9.17) is 4.42 Å². The summed E-state index contributed by atoms with van der Waals surface area (Å²) in [5.41, 5.74) is 3.83. The SMILES string of the molecule is CCCNC(c1cc(Br)ccc1C)c1cc(C)oc1C. The number of halogens is 1. The second-order valence-electron chi connectivity index (χ2n) is 5.26. The van der Waals surface area contributed by atoms with Crippen LogP contribution in [0.4, 0.5) is 0 Å². The molecule has 0 spiro atoms. The molecule has 1 atom stereocenters. The Labute approximate surface area is 129 Å². The van der Waals surface area contributed by atoms with Gasteiger partial charge in [-0.3, -0.25) is 0 Å². The molecular formula is C17H22BrNO. The molecule has 0 amide bonds. The van der Waals surface area contributed by atoms with Gasteiger partial charge in [-0.05, 0) is 63.1 Å². The lowest BCUT2D eigenvalue weighted by molar-refractivity contribution is 0.493. The van der Waals surface area contributed by atoms with Crippen LogP contribution in [0.1, 0.15) is 47.6 Å². The first-order valence-corrected chi connectivity index (χ1v) is 7.88. The van der Waals surface area contributed by atoms with Gasteiger partial charge in [-0.15, -0.1) is 0 Å². The Morgan fingerprint density at radius 1 is 1.15 bits per heavy atom. The van der Waals surface area contributed by atoms with Crippen molar-refractivity contribution in [3.8, 4) is 0 Å². The van der Waals surface area contributed by atoms with Crippen molar-refractivity contribution < 1.29 is 4.42 Å². The first kappa shape index (κ1) is 15.3. The summed E-state index contributed by atoms with van der Waals surface area (Å²) in [5.74, 6) is 1.96. The minimum absolute atomic E-state index is 0.185. The summed E-state index contributed by atoms with van der Waals surface area (Å²) in [4.78, 5) is 0. The molecule has 1 aromatic carbocycles. The summed E-state index contributed by atoms with van der Waals surface area (Å²) in [5, 5.41) is 3.64. The van der Waals surface area contributed by atoms with Gasteiger partial charge >= 0.3 is 0 Å². The average molecular weight is 336 g/mol. The fraction of sp³-hybridized carbons (Fsp3) is 0.412. The van der Waals surface area contributed by atoms with Crippen LogP contribution >= 0.6 is 15.9 Å². The standard InChI is InChI=1S/C17H22BrNO/c1-5-8-19-17(16-9-12(3)20-13(16)4)15-10-14(18)7-6-11(15)2/h6-7,9-10,17,19H,5,8H2,1-4H3. The molecule has 0 bridgehead atoms. The molecule has 0 saturated carbocycles. The number of rotatable bonds is 5. The summed E-state index contributed by atoms with van der Waals surface area (Å²) in [6, 6.07) is 8.77. The highest BCUT2D eigenvalue weighted by atomic mass is 79.9. The highest BCUT2D eigenvalue weighted by Crippen LogP contribution is 2.31. The van der Waals surface area contributed by atoms with E-state index in [1.165, 1.54) is 16.7 Å². The predicted molar refractivity (Wildman–Crippen MR) is 87.2 cm³/mol. The first-order valence-electron chi connectivity index (χ1n) is 7.09. The molecule has 0 aliphatic heterocycles. The zero-order valence-electron chi connectivity index (χ0n) is 12.6. The second-order valence-corrected chi connectivity index (χ2v) is 6.17. The van der Waals surface area contributed by atoms with Crippen molar-refractivity contribution in [2.75, 3.05) is 6.54 Å². The average Bonchev–Trinajstić information content (AvgIpc) is 2.73. The topological polar surface area (TPSA) is 25.2 Å². The summed E-state index contributed by atoms with van der Waals surface area (Å²) < 4.78 is 6.83. The number of hydrogen-bond acceptors (Lipinski definition) is 2. The van der Waals surface area contributed by atoms with Crippen LogP contribution in [0, 0.1) is 20.8 Å². The molecule has 0 saturated heterocycles. The molecule has 2 rings (SSSR count). The van der Waals surface area contributed by atoms with Gasteiger partial charge in [0.25, 0.3) is 0 Å². The summed E-state index contributed by atoms with van der Waals surface area (Å²) in [6.07, 6.45) is 1.11. The molecule has 20 heavy (non-hydrogen) atoms.